The maximum atomic E-state index is 13.0. The molecule has 1 unspecified atom stereocenters. The maximum absolute atomic E-state index is 13.0. The number of nitrogens with one attached hydrogen (secondary N) is 2. The lowest BCUT2D eigenvalue weighted by atomic mass is 10.2. The Balaban J connectivity index is 2.70. The van der Waals surface area contributed by atoms with Crippen molar-refractivity contribution in [2.24, 2.45) is 0 Å². The third-order valence-electron chi connectivity index (χ3n) is 3.13. The van der Waals surface area contributed by atoms with E-state index in [9.17, 15) is 4.57 Å². The smallest absolute Gasteiger partial charge is 0.418 e. The fourth-order valence-electron chi connectivity index (χ4n) is 1.89. The molecule has 2 N–H and O–H groups in total. The first kappa shape index (κ1) is 21.0. The summed E-state index contributed by atoms with van der Waals surface area (Å²) in [5, 5.41) is 5.82. The van der Waals surface area contributed by atoms with Crippen LogP contribution < -0.4 is 10.4 Å². The summed E-state index contributed by atoms with van der Waals surface area (Å²) in [7, 11) is -3.49. The van der Waals surface area contributed by atoms with E-state index in [4.69, 9.17) is 9.05 Å². The Morgan fingerprint density at radius 3 is 2.60 bits per heavy atom. The lowest BCUT2D eigenvalue weighted by Crippen LogP contribution is -2.16. The minimum absolute atomic E-state index is 0.194. The highest BCUT2D eigenvalue weighted by Crippen LogP contribution is 2.46. The molecule has 0 amide bonds. The Hall–Kier alpha value is -2.07. The molecule has 0 radical (unpaired) electrons. The van der Waals surface area contributed by atoms with Crippen molar-refractivity contribution in [3.05, 3.63) is 84.9 Å². The van der Waals surface area contributed by atoms with Crippen molar-refractivity contribution in [1.29, 1.82) is 0 Å². The minimum atomic E-state index is -3.49. The van der Waals surface area contributed by atoms with E-state index in [0.717, 1.165) is 11.1 Å². The largest absolute Gasteiger partial charge is 0.458 e. The number of hydrogen-bond acceptors (Lipinski definition) is 4. The average molecular weight is 362 g/mol. The van der Waals surface area contributed by atoms with Gasteiger partial charge in [0.2, 0.25) is 0 Å². The Bertz CT molecular complexity index is 654. The third-order valence-corrected chi connectivity index (χ3v) is 4.74. The summed E-state index contributed by atoms with van der Waals surface area (Å²) in [6.45, 7) is 11.5. The Kier molecular flexibility index (Phi) is 9.63. The van der Waals surface area contributed by atoms with Gasteiger partial charge in [0.05, 0.1) is 6.61 Å². The Morgan fingerprint density at radius 1 is 1.24 bits per heavy atom. The highest BCUT2D eigenvalue weighted by atomic mass is 31.2. The van der Waals surface area contributed by atoms with Crippen molar-refractivity contribution in [1.82, 2.24) is 10.4 Å². The zero-order valence-corrected chi connectivity index (χ0v) is 15.8. The SMILES string of the molecule is C=C/C=C(\C)OP(=O)(NCC/C(C)=C/NC=C)OCc1ccccc1. The second-order valence-electron chi connectivity index (χ2n) is 5.38. The van der Waals surface area contributed by atoms with Crippen LogP contribution in [0.2, 0.25) is 0 Å². The molecular weight excluding hydrogens is 335 g/mol. The number of rotatable bonds is 12. The first-order valence-electron chi connectivity index (χ1n) is 8.04. The summed E-state index contributed by atoms with van der Waals surface area (Å²) in [5.74, 6) is 0.472. The van der Waals surface area contributed by atoms with Crippen molar-refractivity contribution < 1.29 is 13.6 Å². The molecule has 0 spiro atoms. The van der Waals surface area contributed by atoms with Gasteiger partial charge in [-0.25, -0.2) is 9.65 Å². The standard InChI is InChI=1S/C19H27N2O3P/c1-5-10-18(4)24-25(22,21-14-13-17(3)15-20-6-2)23-16-19-11-8-7-9-12-19/h5-12,15,20H,1-2,13-14,16H2,3-4H3,(H,21,22)/b17-15+,18-10+. The van der Waals surface area contributed by atoms with Gasteiger partial charge in [-0.2, -0.15) is 0 Å². The zero-order valence-electron chi connectivity index (χ0n) is 14.9. The lowest BCUT2D eigenvalue weighted by Gasteiger charge is -2.20. The quantitative estimate of drug-likeness (QED) is 0.310. The van der Waals surface area contributed by atoms with Crippen LogP contribution in [0.15, 0.2) is 79.4 Å². The predicted molar refractivity (Wildman–Crippen MR) is 104 cm³/mol. The van der Waals surface area contributed by atoms with Gasteiger partial charge in [-0.3, -0.25) is 4.52 Å². The summed E-state index contributed by atoms with van der Waals surface area (Å²) < 4.78 is 24.1. The van der Waals surface area contributed by atoms with Gasteiger partial charge in [0.25, 0.3) is 0 Å². The van der Waals surface area contributed by atoms with Crippen LogP contribution in [0.5, 0.6) is 0 Å². The number of allylic oxidation sites excluding steroid dienone is 3. The van der Waals surface area contributed by atoms with Crippen molar-refractivity contribution in [3.8, 4) is 0 Å². The molecule has 5 nitrogen and oxygen atoms in total. The molecule has 0 fully saturated rings. The second kappa shape index (κ2) is 11.5. The van der Waals surface area contributed by atoms with Crippen molar-refractivity contribution in [2.75, 3.05) is 6.54 Å². The summed E-state index contributed by atoms with van der Waals surface area (Å²) in [6, 6.07) is 9.54. The van der Waals surface area contributed by atoms with E-state index in [2.05, 4.69) is 23.6 Å². The topological polar surface area (TPSA) is 59.6 Å². The maximum Gasteiger partial charge on any atom is 0.458 e. The molecule has 0 aliphatic heterocycles. The van der Waals surface area contributed by atoms with Crippen LogP contribution >= 0.6 is 7.75 Å². The van der Waals surface area contributed by atoms with Gasteiger partial charge in [0.1, 0.15) is 5.76 Å². The van der Waals surface area contributed by atoms with E-state index in [1.165, 1.54) is 0 Å². The highest BCUT2D eigenvalue weighted by Gasteiger charge is 2.26. The van der Waals surface area contributed by atoms with Gasteiger partial charge in [-0.15, -0.1) is 0 Å². The lowest BCUT2D eigenvalue weighted by molar-refractivity contribution is 0.221. The summed E-state index contributed by atoms with van der Waals surface area (Å²) in [4.78, 5) is 0. The average Bonchev–Trinajstić information content (AvgIpc) is 2.59. The minimum Gasteiger partial charge on any atom is -0.418 e. The number of benzene rings is 1. The van der Waals surface area contributed by atoms with E-state index in [0.29, 0.717) is 18.7 Å². The van der Waals surface area contributed by atoms with Crippen LogP contribution in [0.4, 0.5) is 0 Å². The molecule has 0 aliphatic rings. The predicted octanol–water partition coefficient (Wildman–Crippen LogP) is 5.03. The summed E-state index contributed by atoms with van der Waals surface area (Å²) in [5.41, 5.74) is 2.00. The first-order valence-corrected chi connectivity index (χ1v) is 9.58. The van der Waals surface area contributed by atoms with Gasteiger partial charge >= 0.3 is 7.75 Å². The van der Waals surface area contributed by atoms with Crippen molar-refractivity contribution in [3.63, 3.8) is 0 Å². The molecule has 136 valence electrons. The Labute approximate surface area is 150 Å². The molecule has 0 heterocycles. The van der Waals surface area contributed by atoms with E-state index >= 15 is 0 Å². The second-order valence-corrected chi connectivity index (χ2v) is 7.13. The van der Waals surface area contributed by atoms with E-state index < -0.39 is 7.75 Å². The molecular formula is C19H27N2O3P. The van der Waals surface area contributed by atoms with Gasteiger partial charge in [-0.05, 0) is 44.3 Å². The monoisotopic (exact) mass is 362 g/mol. The highest BCUT2D eigenvalue weighted by molar-refractivity contribution is 7.51. The summed E-state index contributed by atoms with van der Waals surface area (Å²) >= 11 is 0. The fraction of sp³-hybridized carbons (Fsp3) is 0.263. The van der Waals surface area contributed by atoms with Crippen LogP contribution in [0.1, 0.15) is 25.8 Å². The van der Waals surface area contributed by atoms with Crippen LogP contribution in [0.25, 0.3) is 0 Å². The molecule has 1 atom stereocenters. The molecule has 6 heteroatoms. The normalized spacial score (nSPS) is 14.5. The third kappa shape index (κ3) is 9.11. The molecule has 1 aromatic rings. The Morgan fingerprint density at radius 2 is 1.96 bits per heavy atom. The molecule has 0 saturated heterocycles. The van der Waals surface area contributed by atoms with E-state index in [1.54, 1.807) is 25.3 Å². The summed E-state index contributed by atoms with van der Waals surface area (Å²) in [6.07, 6.45) is 7.34. The molecule has 25 heavy (non-hydrogen) atoms. The first-order chi connectivity index (χ1) is 12.0. The van der Waals surface area contributed by atoms with Crippen LogP contribution in [0.3, 0.4) is 0 Å². The molecule has 0 saturated carbocycles. The van der Waals surface area contributed by atoms with E-state index in [-0.39, 0.29) is 6.61 Å². The van der Waals surface area contributed by atoms with Crippen molar-refractivity contribution in [2.45, 2.75) is 26.9 Å². The van der Waals surface area contributed by atoms with Gasteiger partial charge in [0.15, 0.2) is 0 Å². The van der Waals surface area contributed by atoms with Gasteiger partial charge in [-0.1, -0.05) is 55.1 Å². The zero-order chi connectivity index (χ0) is 18.5. The van der Waals surface area contributed by atoms with E-state index in [1.807, 2.05) is 43.5 Å². The molecule has 0 aromatic heterocycles. The van der Waals surface area contributed by atoms with Gasteiger partial charge in [0, 0.05) is 6.54 Å². The molecule has 0 aliphatic carbocycles. The molecule has 1 aromatic carbocycles. The molecule has 1 rings (SSSR count). The van der Waals surface area contributed by atoms with Crippen LogP contribution in [-0.4, -0.2) is 6.54 Å². The van der Waals surface area contributed by atoms with Gasteiger partial charge < -0.3 is 9.84 Å². The molecule has 0 bridgehead atoms. The fourth-order valence-corrected chi connectivity index (χ4v) is 3.24. The van der Waals surface area contributed by atoms with Crippen LogP contribution in [-0.2, 0) is 20.2 Å². The van der Waals surface area contributed by atoms with Crippen molar-refractivity contribution >= 4 is 7.75 Å². The van der Waals surface area contributed by atoms with Crippen LogP contribution in [0, 0.1) is 0 Å². The number of hydrogen-bond donors (Lipinski definition) is 2.